The van der Waals surface area contributed by atoms with Gasteiger partial charge in [0.1, 0.15) is 11.5 Å². The molecule has 1 aliphatic heterocycles. The van der Waals surface area contributed by atoms with Crippen LogP contribution in [-0.2, 0) is 16.6 Å². The van der Waals surface area contributed by atoms with E-state index in [4.69, 9.17) is 16.3 Å². The van der Waals surface area contributed by atoms with Gasteiger partial charge in [0.2, 0.25) is 0 Å². The zero-order valence-corrected chi connectivity index (χ0v) is 33.5. The average Bonchev–Trinajstić information content (AvgIpc) is 3.66. The molecule has 0 spiro atoms. The first-order valence-electron chi connectivity index (χ1n) is 18.8. The Labute approximate surface area is 334 Å². The molecule has 12 heteroatoms. The topological polar surface area (TPSA) is 110 Å². The second kappa shape index (κ2) is 17.2. The van der Waals surface area contributed by atoms with Crippen LogP contribution in [0.1, 0.15) is 27.9 Å². The number of benzene rings is 5. The number of nitrogens with one attached hydrogen (secondary N) is 3. The molecule has 0 aliphatic carbocycles. The molecule has 6 aromatic rings. The number of hydrogen-bond acceptors (Lipinski definition) is 8. The van der Waals surface area contributed by atoms with E-state index in [1.54, 1.807) is 18.2 Å². The molecular weight excluding hydrogens is 744 g/mol. The van der Waals surface area contributed by atoms with E-state index in [0.29, 0.717) is 10.8 Å². The fourth-order valence-corrected chi connectivity index (χ4v) is 8.21. The maximum Gasteiger partial charge on any atom is 0.268 e. The van der Waals surface area contributed by atoms with Crippen molar-refractivity contribution in [1.29, 1.82) is 0 Å². The summed E-state index contributed by atoms with van der Waals surface area (Å²) in [5.41, 5.74) is 7.14. The third-order valence-electron chi connectivity index (χ3n) is 10.1. The van der Waals surface area contributed by atoms with Crippen molar-refractivity contribution in [3.8, 4) is 22.6 Å². The Morgan fingerprint density at radius 1 is 0.893 bits per heavy atom. The van der Waals surface area contributed by atoms with E-state index in [9.17, 15) is 13.2 Å². The van der Waals surface area contributed by atoms with E-state index >= 15 is 0 Å². The minimum Gasteiger partial charge on any atom is -0.456 e. The van der Waals surface area contributed by atoms with Crippen molar-refractivity contribution in [1.82, 2.24) is 19.5 Å². The molecule has 0 saturated carbocycles. The van der Waals surface area contributed by atoms with Gasteiger partial charge in [-0.1, -0.05) is 48.0 Å². The van der Waals surface area contributed by atoms with Crippen molar-refractivity contribution in [2.75, 3.05) is 63.6 Å². The Morgan fingerprint density at radius 3 is 2.45 bits per heavy atom. The molecule has 1 aliphatic rings. The molecule has 0 unspecified atom stereocenters. The van der Waals surface area contributed by atoms with Gasteiger partial charge in [0.05, 0.1) is 10.5 Å². The maximum atomic E-state index is 13.8. The van der Waals surface area contributed by atoms with Crippen molar-refractivity contribution in [2.24, 2.45) is 0 Å². The molecule has 0 bridgehead atoms. The SMILES string of the molecule is Cc1cc(S(=O)(=O)NC(=O)c2ccc(N3CCN(Cc4ccccc4-c4ccc(Cl)cc4)CC3)cc2Oc2ccc3[nH]ccc3c2)ccc1NCCCN(C)C. The number of amides is 1. The maximum absolute atomic E-state index is 13.8. The number of anilines is 2. The molecule has 2 heterocycles. The van der Waals surface area contributed by atoms with Crippen LogP contribution in [0.25, 0.3) is 22.0 Å². The molecule has 0 atom stereocenters. The van der Waals surface area contributed by atoms with Gasteiger partial charge in [0.15, 0.2) is 0 Å². The molecule has 3 N–H and O–H groups in total. The summed E-state index contributed by atoms with van der Waals surface area (Å²) in [5, 5.41) is 5.04. The first-order valence-corrected chi connectivity index (χ1v) is 20.7. The van der Waals surface area contributed by atoms with E-state index < -0.39 is 15.9 Å². The van der Waals surface area contributed by atoms with E-state index in [-0.39, 0.29) is 16.2 Å². The number of nitrogens with zero attached hydrogens (tertiary/aromatic N) is 3. The van der Waals surface area contributed by atoms with Gasteiger partial charge in [-0.3, -0.25) is 9.69 Å². The fourth-order valence-electron chi connectivity index (χ4n) is 7.03. The minimum atomic E-state index is -4.20. The van der Waals surface area contributed by atoms with Crippen LogP contribution in [0.5, 0.6) is 11.5 Å². The van der Waals surface area contributed by atoms with Crippen molar-refractivity contribution >= 4 is 49.8 Å². The van der Waals surface area contributed by atoms with Crippen LogP contribution in [0.3, 0.4) is 0 Å². The molecule has 1 aromatic heterocycles. The Hall–Kier alpha value is -5.33. The van der Waals surface area contributed by atoms with E-state index in [0.717, 1.165) is 85.6 Å². The third kappa shape index (κ3) is 9.37. The lowest BCUT2D eigenvalue weighted by molar-refractivity contribution is 0.0979. The number of aryl methyl sites for hydroxylation is 1. The van der Waals surface area contributed by atoms with Crippen LogP contribution in [0.4, 0.5) is 11.4 Å². The number of H-pyrrole nitrogens is 1. The quantitative estimate of drug-likeness (QED) is 0.0945. The summed E-state index contributed by atoms with van der Waals surface area (Å²) in [6.07, 6.45) is 2.80. The Morgan fingerprint density at radius 2 is 1.68 bits per heavy atom. The lowest BCUT2D eigenvalue weighted by atomic mass is 9.99. The van der Waals surface area contributed by atoms with Crippen LogP contribution in [-0.4, -0.2) is 82.5 Å². The number of carbonyl (C=O) groups excluding carboxylic acids is 1. The van der Waals surface area contributed by atoms with Crippen LogP contribution in [0.15, 0.2) is 120 Å². The largest absolute Gasteiger partial charge is 0.456 e. The highest BCUT2D eigenvalue weighted by Gasteiger charge is 2.25. The summed E-state index contributed by atoms with van der Waals surface area (Å²) in [4.78, 5) is 23.8. The molecule has 56 heavy (non-hydrogen) atoms. The standard InChI is InChI=1S/C44H47ClN6O4S/c1-31-27-38(15-18-41(31)46-20-6-22-49(2)3)56(53,54)48-44(52)40-16-13-36(29-43(40)55-37-14-17-42-33(28-37)19-21-47-42)51-25-23-50(24-26-51)30-34-7-4-5-8-39(34)32-9-11-35(45)12-10-32/h4-5,7-19,21,27-29,46-47H,6,20,22-26,30H2,1-3H3,(H,48,52). The number of piperazine rings is 1. The first-order chi connectivity index (χ1) is 27.0. The van der Waals surface area contributed by atoms with Gasteiger partial charge in [-0.15, -0.1) is 0 Å². The number of aromatic nitrogens is 1. The first kappa shape index (κ1) is 38.9. The molecule has 1 fully saturated rings. The van der Waals surface area contributed by atoms with Gasteiger partial charge in [-0.25, -0.2) is 13.1 Å². The monoisotopic (exact) mass is 790 g/mol. The smallest absolute Gasteiger partial charge is 0.268 e. The third-order valence-corrected chi connectivity index (χ3v) is 11.7. The molecule has 5 aromatic carbocycles. The van der Waals surface area contributed by atoms with Gasteiger partial charge in [-0.2, -0.15) is 0 Å². The highest BCUT2D eigenvalue weighted by molar-refractivity contribution is 7.90. The number of halogens is 1. The summed E-state index contributed by atoms with van der Waals surface area (Å²) in [5.74, 6) is 0.0134. The van der Waals surface area contributed by atoms with E-state index in [1.807, 2.05) is 75.7 Å². The van der Waals surface area contributed by atoms with E-state index in [1.165, 1.54) is 17.2 Å². The molecule has 7 rings (SSSR count). The number of ether oxygens (including phenoxy) is 1. The van der Waals surface area contributed by atoms with Crippen molar-refractivity contribution in [3.05, 3.63) is 137 Å². The van der Waals surface area contributed by atoms with Crippen LogP contribution < -0.4 is 19.7 Å². The van der Waals surface area contributed by atoms with Crippen LogP contribution >= 0.6 is 11.6 Å². The van der Waals surface area contributed by atoms with Crippen molar-refractivity contribution in [3.63, 3.8) is 0 Å². The highest BCUT2D eigenvalue weighted by atomic mass is 35.5. The highest BCUT2D eigenvalue weighted by Crippen LogP contribution is 2.33. The normalized spacial score (nSPS) is 13.6. The summed E-state index contributed by atoms with van der Waals surface area (Å²) in [6, 6.07) is 34.1. The molecule has 1 saturated heterocycles. The molecule has 10 nitrogen and oxygen atoms in total. The Bertz CT molecular complexity index is 2420. The number of aromatic amines is 1. The number of hydrogen-bond donors (Lipinski definition) is 3. The Kier molecular flexibility index (Phi) is 12.0. The summed E-state index contributed by atoms with van der Waals surface area (Å²) >= 11 is 6.16. The van der Waals surface area contributed by atoms with E-state index in [2.05, 4.69) is 66.1 Å². The number of rotatable bonds is 14. The van der Waals surface area contributed by atoms with Gasteiger partial charge in [0.25, 0.3) is 15.9 Å². The summed E-state index contributed by atoms with van der Waals surface area (Å²) in [6.45, 7) is 7.55. The van der Waals surface area contributed by atoms with Gasteiger partial charge < -0.3 is 24.8 Å². The second-order valence-corrected chi connectivity index (χ2v) is 16.6. The van der Waals surface area contributed by atoms with Crippen LogP contribution in [0, 0.1) is 6.92 Å². The molecule has 0 radical (unpaired) electrons. The fraction of sp³-hybridized carbons (Fsp3) is 0.250. The number of carbonyl (C=O) groups is 1. The summed E-state index contributed by atoms with van der Waals surface area (Å²) < 4.78 is 35.8. The van der Waals surface area contributed by atoms with Gasteiger partial charge >= 0.3 is 0 Å². The lowest BCUT2D eigenvalue weighted by Gasteiger charge is -2.36. The van der Waals surface area contributed by atoms with Crippen LogP contribution in [0.2, 0.25) is 5.02 Å². The molecule has 1 amide bonds. The predicted octanol–water partition coefficient (Wildman–Crippen LogP) is 8.39. The van der Waals surface area contributed by atoms with Gasteiger partial charge in [-0.05, 0) is 123 Å². The molecular formula is C44H47ClN6O4S. The molecule has 290 valence electrons. The average molecular weight is 791 g/mol. The zero-order valence-electron chi connectivity index (χ0n) is 31.9. The number of fused-ring (bicyclic) bond motifs is 1. The number of sulfonamides is 1. The minimum absolute atomic E-state index is 0.00727. The van der Waals surface area contributed by atoms with Gasteiger partial charge in [0, 0.05) is 78.8 Å². The van der Waals surface area contributed by atoms with Crippen molar-refractivity contribution < 1.29 is 17.9 Å². The van der Waals surface area contributed by atoms with Crippen molar-refractivity contribution in [2.45, 2.75) is 24.8 Å². The summed E-state index contributed by atoms with van der Waals surface area (Å²) in [7, 11) is -0.141. The second-order valence-electron chi connectivity index (χ2n) is 14.4. The zero-order chi connectivity index (χ0) is 39.2. The Balaban J connectivity index is 1.08. The lowest BCUT2D eigenvalue weighted by Crippen LogP contribution is -2.46. The predicted molar refractivity (Wildman–Crippen MR) is 227 cm³/mol.